The molecular weight excluding hydrogens is 398 g/mol. The maximum Gasteiger partial charge on any atom is 0.229 e. The van der Waals surface area contributed by atoms with Gasteiger partial charge >= 0.3 is 0 Å². The minimum Gasteiger partial charge on any atom is -0.388 e. The fourth-order valence-electron chi connectivity index (χ4n) is 3.02. The number of carbonyl (C=O) groups excluding carboxylic acids is 1. The van der Waals surface area contributed by atoms with Gasteiger partial charge in [-0.05, 0) is 31.0 Å². The van der Waals surface area contributed by atoms with Crippen LogP contribution in [0.15, 0.2) is 30.7 Å². The van der Waals surface area contributed by atoms with Crippen molar-refractivity contribution in [1.82, 2.24) is 24.7 Å². The number of rotatable bonds is 5. The Kier molecular flexibility index (Phi) is 4.06. The van der Waals surface area contributed by atoms with Crippen molar-refractivity contribution in [3.05, 3.63) is 35.7 Å². The molecule has 5 rings (SSSR count). The van der Waals surface area contributed by atoms with Crippen molar-refractivity contribution in [2.75, 3.05) is 17.7 Å². The standard InChI is InChI=1S/C18H16ClN7OS/c1-20-10-4-5-11(12(19)6-10)13-7-21-8-26(13)16-14-15(24-25-16)22-18(28-14)23-17(27)9-2-3-9/h4-9,20H,2-3H2,1H3,(H2,22,23,24,25,27). The molecule has 1 amide bonds. The molecule has 0 saturated heterocycles. The largest absolute Gasteiger partial charge is 0.388 e. The highest BCUT2D eigenvalue weighted by atomic mass is 35.5. The maximum atomic E-state index is 12.0. The Morgan fingerprint density at radius 2 is 2.25 bits per heavy atom. The lowest BCUT2D eigenvalue weighted by atomic mass is 10.1. The second kappa shape index (κ2) is 6.61. The smallest absolute Gasteiger partial charge is 0.229 e. The normalized spacial score (nSPS) is 13.8. The molecule has 1 aromatic carbocycles. The lowest BCUT2D eigenvalue weighted by Crippen LogP contribution is -2.12. The van der Waals surface area contributed by atoms with Crippen molar-refractivity contribution >= 4 is 50.0 Å². The molecule has 10 heteroatoms. The molecule has 0 atom stereocenters. The summed E-state index contributed by atoms with van der Waals surface area (Å²) in [6, 6.07) is 5.77. The average molecular weight is 414 g/mol. The number of nitrogens with one attached hydrogen (secondary N) is 3. The van der Waals surface area contributed by atoms with Gasteiger partial charge in [-0.1, -0.05) is 22.9 Å². The van der Waals surface area contributed by atoms with E-state index in [4.69, 9.17) is 11.6 Å². The lowest BCUT2D eigenvalue weighted by molar-refractivity contribution is -0.117. The van der Waals surface area contributed by atoms with E-state index in [0.29, 0.717) is 21.6 Å². The number of fused-ring (bicyclic) bond motifs is 1. The minimum atomic E-state index is 0.0330. The van der Waals surface area contributed by atoms with Gasteiger partial charge in [-0.3, -0.25) is 14.5 Å². The number of benzene rings is 1. The molecule has 0 spiro atoms. The van der Waals surface area contributed by atoms with Gasteiger partial charge in [0.05, 0.1) is 16.9 Å². The SMILES string of the molecule is CNc1ccc(-c2cncn2-c2n[nH]c3nc(NC(=O)C4CC4)sc23)c(Cl)c1. The van der Waals surface area contributed by atoms with Crippen molar-refractivity contribution in [2.24, 2.45) is 5.92 Å². The van der Waals surface area contributed by atoms with Crippen molar-refractivity contribution in [3.8, 4) is 17.1 Å². The summed E-state index contributed by atoms with van der Waals surface area (Å²) in [6.45, 7) is 0. The Labute approximate surface area is 169 Å². The number of hydrogen-bond donors (Lipinski definition) is 3. The van der Waals surface area contributed by atoms with E-state index in [-0.39, 0.29) is 11.8 Å². The van der Waals surface area contributed by atoms with E-state index in [1.54, 1.807) is 12.5 Å². The van der Waals surface area contributed by atoms with Crippen LogP contribution in [0.4, 0.5) is 10.8 Å². The topological polar surface area (TPSA) is 101 Å². The van der Waals surface area contributed by atoms with Crippen LogP contribution >= 0.6 is 22.9 Å². The van der Waals surface area contributed by atoms with Gasteiger partial charge in [-0.2, -0.15) is 5.10 Å². The molecule has 28 heavy (non-hydrogen) atoms. The molecular formula is C18H16ClN7OS. The Balaban J connectivity index is 1.53. The molecule has 142 valence electrons. The average Bonchev–Trinajstić information content (AvgIpc) is 3.12. The molecule has 8 nitrogen and oxygen atoms in total. The van der Waals surface area contributed by atoms with Gasteiger partial charge in [-0.25, -0.2) is 9.97 Å². The van der Waals surface area contributed by atoms with Crippen molar-refractivity contribution in [3.63, 3.8) is 0 Å². The highest BCUT2D eigenvalue weighted by Gasteiger charge is 2.30. The first-order valence-electron chi connectivity index (χ1n) is 8.80. The molecule has 0 unspecified atom stereocenters. The molecule has 0 bridgehead atoms. The van der Waals surface area contributed by atoms with Gasteiger partial charge in [0.2, 0.25) is 5.91 Å². The number of imidazole rings is 1. The molecule has 3 aromatic heterocycles. The summed E-state index contributed by atoms with van der Waals surface area (Å²) in [5, 5.41) is 14.5. The summed E-state index contributed by atoms with van der Waals surface area (Å²) >= 11 is 7.87. The molecule has 3 N–H and O–H groups in total. The molecule has 0 radical (unpaired) electrons. The molecule has 1 fully saturated rings. The number of aromatic amines is 1. The van der Waals surface area contributed by atoms with Crippen LogP contribution in [0.1, 0.15) is 12.8 Å². The van der Waals surface area contributed by atoms with Gasteiger partial charge in [0.1, 0.15) is 11.0 Å². The number of amides is 1. The van der Waals surface area contributed by atoms with Gasteiger partial charge in [0.25, 0.3) is 0 Å². The summed E-state index contributed by atoms with van der Waals surface area (Å²) in [4.78, 5) is 20.7. The van der Waals surface area contributed by atoms with Crippen molar-refractivity contribution in [2.45, 2.75) is 12.8 Å². The number of halogens is 1. The van der Waals surface area contributed by atoms with Crippen molar-refractivity contribution < 1.29 is 4.79 Å². The van der Waals surface area contributed by atoms with E-state index >= 15 is 0 Å². The first kappa shape index (κ1) is 17.2. The van der Waals surface area contributed by atoms with Gasteiger partial charge in [0, 0.05) is 24.2 Å². The number of hydrogen-bond acceptors (Lipinski definition) is 6. The number of aromatic nitrogens is 5. The third kappa shape index (κ3) is 2.92. The highest BCUT2D eigenvalue weighted by Crippen LogP contribution is 2.36. The first-order chi connectivity index (χ1) is 13.6. The van der Waals surface area contributed by atoms with Gasteiger partial charge < -0.3 is 10.6 Å². The van der Waals surface area contributed by atoms with Gasteiger partial charge in [0.15, 0.2) is 16.6 Å². The van der Waals surface area contributed by atoms with Crippen LogP contribution in [0.3, 0.4) is 0 Å². The summed E-state index contributed by atoms with van der Waals surface area (Å²) in [5.41, 5.74) is 3.22. The van der Waals surface area contributed by atoms with E-state index in [1.807, 2.05) is 29.8 Å². The van der Waals surface area contributed by atoms with Crippen LogP contribution in [-0.2, 0) is 4.79 Å². The Bertz CT molecular complexity index is 1190. The summed E-state index contributed by atoms with van der Waals surface area (Å²) in [5.74, 6) is 0.828. The Morgan fingerprint density at radius 3 is 3.00 bits per heavy atom. The van der Waals surface area contributed by atoms with Crippen molar-refractivity contribution in [1.29, 1.82) is 0 Å². The highest BCUT2D eigenvalue weighted by molar-refractivity contribution is 7.22. The predicted octanol–water partition coefficient (Wildman–Crippen LogP) is 3.92. The van der Waals surface area contributed by atoms with Crippen LogP contribution in [-0.4, -0.2) is 37.7 Å². The molecule has 1 saturated carbocycles. The Morgan fingerprint density at radius 1 is 1.39 bits per heavy atom. The monoisotopic (exact) mass is 413 g/mol. The lowest BCUT2D eigenvalue weighted by Gasteiger charge is -2.09. The minimum absolute atomic E-state index is 0.0330. The van der Waals surface area contributed by atoms with E-state index in [9.17, 15) is 4.79 Å². The van der Waals surface area contributed by atoms with Crippen LogP contribution in [0, 0.1) is 5.92 Å². The van der Waals surface area contributed by atoms with Crippen LogP contribution in [0.5, 0.6) is 0 Å². The summed E-state index contributed by atoms with van der Waals surface area (Å²) < 4.78 is 2.71. The molecule has 3 heterocycles. The zero-order valence-electron chi connectivity index (χ0n) is 14.9. The first-order valence-corrected chi connectivity index (χ1v) is 9.99. The number of nitrogens with zero attached hydrogens (tertiary/aromatic N) is 4. The molecule has 0 aliphatic heterocycles. The molecule has 1 aliphatic carbocycles. The predicted molar refractivity (Wildman–Crippen MR) is 110 cm³/mol. The second-order valence-corrected chi connectivity index (χ2v) is 8.01. The zero-order chi connectivity index (χ0) is 19.3. The van der Waals surface area contributed by atoms with E-state index < -0.39 is 0 Å². The molecule has 4 aromatic rings. The summed E-state index contributed by atoms with van der Waals surface area (Å²) in [6.07, 6.45) is 5.34. The number of H-pyrrole nitrogens is 1. The third-order valence-corrected chi connectivity index (χ3v) is 5.96. The zero-order valence-corrected chi connectivity index (χ0v) is 16.4. The van der Waals surface area contributed by atoms with Crippen LogP contribution in [0.2, 0.25) is 5.02 Å². The maximum absolute atomic E-state index is 12.0. The van der Waals surface area contributed by atoms with Crippen LogP contribution < -0.4 is 10.6 Å². The van der Waals surface area contributed by atoms with E-state index in [2.05, 4.69) is 30.8 Å². The third-order valence-electron chi connectivity index (χ3n) is 4.68. The quantitative estimate of drug-likeness (QED) is 0.460. The fourth-order valence-corrected chi connectivity index (χ4v) is 4.20. The van der Waals surface area contributed by atoms with E-state index in [0.717, 1.165) is 34.5 Å². The fraction of sp³-hybridized carbons (Fsp3) is 0.222. The van der Waals surface area contributed by atoms with E-state index in [1.165, 1.54) is 11.3 Å². The second-order valence-electron chi connectivity index (χ2n) is 6.60. The summed E-state index contributed by atoms with van der Waals surface area (Å²) in [7, 11) is 1.85. The van der Waals surface area contributed by atoms with Crippen LogP contribution in [0.25, 0.3) is 27.4 Å². The molecule has 1 aliphatic rings. The Hall–Kier alpha value is -2.91. The number of thiazole rings is 1. The number of carbonyl (C=O) groups is 1. The van der Waals surface area contributed by atoms with Gasteiger partial charge in [-0.15, -0.1) is 0 Å². The number of anilines is 2.